The predicted octanol–water partition coefficient (Wildman–Crippen LogP) is 2.26. The first-order chi connectivity index (χ1) is 9.35. The molecule has 0 spiro atoms. The molecule has 1 aliphatic heterocycles. The van der Waals surface area contributed by atoms with Crippen LogP contribution < -0.4 is 10.1 Å². The Kier molecular flexibility index (Phi) is 5.94. The number of thioether (sulfide) groups is 1. The molecule has 2 unspecified atom stereocenters. The Morgan fingerprint density at radius 1 is 1.58 bits per heavy atom. The molecule has 5 heteroatoms. The molecule has 1 aromatic heterocycles. The van der Waals surface area contributed by atoms with Crippen LogP contribution in [0.15, 0.2) is 18.5 Å². The number of hydrogen-bond acceptors (Lipinski definition) is 5. The average Bonchev–Trinajstić information content (AvgIpc) is 2.47. The third-order valence-electron chi connectivity index (χ3n) is 3.09. The first-order valence-corrected chi connectivity index (χ1v) is 7.95. The van der Waals surface area contributed by atoms with Gasteiger partial charge in [0, 0.05) is 17.7 Å². The van der Waals surface area contributed by atoms with Gasteiger partial charge in [-0.3, -0.25) is 4.98 Å². The first-order valence-electron chi connectivity index (χ1n) is 6.79. The summed E-state index contributed by atoms with van der Waals surface area (Å²) >= 11 is 1.94. The minimum absolute atomic E-state index is 0.172. The average molecular weight is 282 g/mol. The number of pyridine rings is 1. The molecule has 1 aromatic rings. The first kappa shape index (κ1) is 14.6. The van der Waals surface area contributed by atoms with E-state index in [1.807, 2.05) is 25.0 Å². The van der Waals surface area contributed by atoms with Crippen molar-refractivity contribution < 1.29 is 9.47 Å². The van der Waals surface area contributed by atoms with Crippen molar-refractivity contribution in [2.45, 2.75) is 25.5 Å². The van der Waals surface area contributed by atoms with E-state index in [1.165, 1.54) is 0 Å². The smallest absolute Gasteiger partial charge is 0.137 e. The molecule has 19 heavy (non-hydrogen) atoms. The van der Waals surface area contributed by atoms with Gasteiger partial charge in [0.25, 0.3) is 0 Å². The summed E-state index contributed by atoms with van der Waals surface area (Å²) in [6.45, 7) is 3.65. The molecule has 0 aromatic carbocycles. The Morgan fingerprint density at radius 2 is 2.47 bits per heavy atom. The maximum Gasteiger partial charge on any atom is 0.137 e. The molecule has 0 amide bonds. The lowest BCUT2D eigenvalue weighted by Gasteiger charge is -2.30. The van der Waals surface area contributed by atoms with Crippen LogP contribution in [0, 0.1) is 0 Å². The van der Waals surface area contributed by atoms with E-state index in [2.05, 4.69) is 23.3 Å². The Morgan fingerprint density at radius 3 is 3.16 bits per heavy atom. The highest BCUT2D eigenvalue weighted by Gasteiger charge is 2.25. The van der Waals surface area contributed by atoms with Gasteiger partial charge in [0.05, 0.1) is 31.6 Å². The zero-order valence-corrected chi connectivity index (χ0v) is 12.4. The maximum absolute atomic E-state index is 5.85. The quantitative estimate of drug-likeness (QED) is 0.867. The molecular formula is C14H22N2O2S. The van der Waals surface area contributed by atoms with Crippen LogP contribution in [0.4, 0.5) is 0 Å². The summed E-state index contributed by atoms with van der Waals surface area (Å²) in [6, 6.07) is 2.23. The summed E-state index contributed by atoms with van der Waals surface area (Å²) in [5.41, 5.74) is 1.13. The predicted molar refractivity (Wildman–Crippen MR) is 78.9 cm³/mol. The van der Waals surface area contributed by atoms with Crippen LogP contribution in [-0.2, 0) is 4.74 Å². The molecule has 4 nitrogen and oxygen atoms in total. The van der Waals surface area contributed by atoms with Crippen LogP contribution in [0.25, 0.3) is 0 Å². The molecule has 106 valence electrons. The number of nitrogens with one attached hydrogen (secondary N) is 1. The molecular weight excluding hydrogens is 260 g/mol. The third kappa shape index (κ3) is 4.09. The van der Waals surface area contributed by atoms with Crippen LogP contribution in [-0.4, -0.2) is 42.9 Å². The van der Waals surface area contributed by atoms with E-state index in [-0.39, 0.29) is 12.1 Å². The summed E-state index contributed by atoms with van der Waals surface area (Å²) in [4.78, 5) is 4.27. The van der Waals surface area contributed by atoms with E-state index in [0.29, 0.717) is 0 Å². The van der Waals surface area contributed by atoms with E-state index in [1.54, 1.807) is 6.20 Å². The van der Waals surface area contributed by atoms with Gasteiger partial charge in [-0.2, -0.15) is 11.8 Å². The van der Waals surface area contributed by atoms with Crippen molar-refractivity contribution in [1.82, 2.24) is 10.3 Å². The fraction of sp³-hybridized carbons (Fsp3) is 0.643. The lowest BCUT2D eigenvalue weighted by Crippen LogP contribution is -2.36. The molecule has 2 atom stereocenters. The van der Waals surface area contributed by atoms with Crippen LogP contribution in [0.2, 0.25) is 0 Å². The molecule has 0 aliphatic carbocycles. The molecule has 1 fully saturated rings. The Labute approximate surface area is 119 Å². The zero-order valence-electron chi connectivity index (χ0n) is 11.6. The highest BCUT2D eigenvalue weighted by molar-refractivity contribution is 7.99. The second kappa shape index (κ2) is 7.72. The van der Waals surface area contributed by atoms with E-state index in [4.69, 9.17) is 9.47 Å². The maximum atomic E-state index is 5.85. The van der Waals surface area contributed by atoms with Crippen molar-refractivity contribution >= 4 is 11.8 Å². The molecule has 2 heterocycles. The third-order valence-corrected chi connectivity index (χ3v) is 4.11. The molecule has 2 rings (SSSR count). The molecule has 1 N–H and O–H groups in total. The van der Waals surface area contributed by atoms with Crippen molar-refractivity contribution in [1.29, 1.82) is 0 Å². The Hall–Kier alpha value is -0.780. The van der Waals surface area contributed by atoms with Crippen molar-refractivity contribution in [2.24, 2.45) is 0 Å². The lowest BCUT2D eigenvalue weighted by atomic mass is 10.0. The monoisotopic (exact) mass is 282 g/mol. The number of likely N-dealkylation sites (N-methyl/N-ethyl adjacent to an activating group) is 1. The van der Waals surface area contributed by atoms with Gasteiger partial charge in [-0.1, -0.05) is 6.92 Å². The van der Waals surface area contributed by atoms with Gasteiger partial charge in [-0.25, -0.2) is 0 Å². The summed E-state index contributed by atoms with van der Waals surface area (Å²) in [7, 11) is 1.97. The number of hydrogen-bond donors (Lipinski definition) is 1. The minimum Gasteiger partial charge on any atom is -0.492 e. The largest absolute Gasteiger partial charge is 0.492 e. The second-order valence-corrected chi connectivity index (χ2v) is 5.70. The summed E-state index contributed by atoms with van der Waals surface area (Å²) in [5.74, 6) is 2.94. The second-order valence-electron chi connectivity index (χ2n) is 4.55. The fourth-order valence-electron chi connectivity index (χ4n) is 2.17. The summed E-state index contributed by atoms with van der Waals surface area (Å²) < 4.78 is 11.5. The SMILES string of the molecule is CCCOc1cncc(C(NC)C2CSCCO2)c1. The van der Waals surface area contributed by atoms with Gasteiger partial charge in [-0.15, -0.1) is 0 Å². The van der Waals surface area contributed by atoms with E-state index >= 15 is 0 Å². The lowest BCUT2D eigenvalue weighted by molar-refractivity contribution is 0.0487. The minimum atomic E-state index is 0.172. The highest BCUT2D eigenvalue weighted by Crippen LogP contribution is 2.26. The van der Waals surface area contributed by atoms with E-state index in [9.17, 15) is 0 Å². The molecule has 0 saturated carbocycles. The van der Waals surface area contributed by atoms with Crippen molar-refractivity contribution in [3.05, 3.63) is 24.0 Å². The Bertz CT molecular complexity index is 383. The zero-order chi connectivity index (χ0) is 13.5. The molecule has 0 bridgehead atoms. The fourth-order valence-corrected chi connectivity index (χ4v) is 3.07. The van der Waals surface area contributed by atoms with Crippen LogP contribution in [0.3, 0.4) is 0 Å². The standard InChI is InChI=1S/C14H22N2O2S/c1-3-4-17-12-7-11(8-16-9-12)14(15-2)13-10-19-6-5-18-13/h7-9,13-15H,3-6,10H2,1-2H3. The number of nitrogens with zero attached hydrogens (tertiary/aromatic N) is 1. The highest BCUT2D eigenvalue weighted by atomic mass is 32.2. The van der Waals surface area contributed by atoms with Crippen LogP contribution >= 0.6 is 11.8 Å². The van der Waals surface area contributed by atoms with Crippen LogP contribution in [0.5, 0.6) is 5.75 Å². The van der Waals surface area contributed by atoms with Gasteiger partial charge in [0.1, 0.15) is 5.75 Å². The van der Waals surface area contributed by atoms with Gasteiger partial charge in [0.15, 0.2) is 0 Å². The molecule has 1 saturated heterocycles. The van der Waals surface area contributed by atoms with Gasteiger partial charge in [0.2, 0.25) is 0 Å². The normalized spacial score (nSPS) is 21.1. The van der Waals surface area contributed by atoms with Gasteiger partial charge >= 0.3 is 0 Å². The summed E-state index contributed by atoms with van der Waals surface area (Å²) in [6.07, 6.45) is 4.86. The number of ether oxygens (including phenoxy) is 2. The van der Waals surface area contributed by atoms with Crippen molar-refractivity contribution in [3.63, 3.8) is 0 Å². The van der Waals surface area contributed by atoms with E-state index < -0.39 is 0 Å². The Balaban J connectivity index is 2.08. The number of rotatable bonds is 6. The van der Waals surface area contributed by atoms with Crippen molar-refractivity contribution in [3.8, 4) is 5.75 Å². The van der Waals surface area contributed by atoms with E-state index in [0.717, 1.165) is 42.5 Å². The molecule has 1 aliphatic rings. The molecule has 0 radical (unpaired) electrons. The number of aromatic nitrogens is 1. The van der Waals surface area contributed by atoms with Gasteiger partial charge in [-0.05, 0) is 25.1 Å². The topological polar surface area (TPSA) is 43.4 Å². The van der Waals surface area contributed by atoms with Crippen LogP contribution in [0.1, 0.15) is 24.9 Å². The van der Waals surface area contributed by atoms with Crippen molar-refractivity contribution in [2.75, 3.05) is 31.8 Å². The van der Waals surface area contributed by atoms with Gasteiger partial charge < -0.3 is 14.8 Å². The summed E-state index contributed by atoms with van der Waals surface area (Å²) in [5, 5.41) is 3.34.